The van der Waals surface area contributed by atoms with Gasteiger partial charge in [-0.1, -0.05) is 11.6 Å². The Morgan fingerprint density at radius 1 is 1.73 bits per heavy atom. The normalized spacial score (nSPS) is 9.36. The largest absolute Gasteiger partial charge is 0.336 e. The minimum Gasteiger partial charge on any atom is -0.336 e. The average molecular weight is 372 g/mol. The molecule has 0 saturated heterocycles. The van der Waals surface area contributed by atoms with E-state index >= 15 is 0 Å². The number of aromatic nitrogens is 2. The smallest absolute Gasteiger partial charge is 0.147 e. The van der Waals surface area contributed by atoms with Crippen molar-refractivity contribution in [2.24, 2.45) is 7.05 Å². The van der Waals surface area contributed by atoms with E-state index in [1.54, 1.807) is 11.8 Å². The number of aryl methyl sites for hydroxylation is 1. The second kappa shape index (κ2) is 5.23. The summed E-state index contributed by atoms with van der Waals surface area (Å²) in [6, 6.07) is 0. The molecule has 0 atom stereocenters. The van der Waals surface area contributed by atoms with Crippen LogP contribution in [0, 0.1) is 0 Å². The Hall–Kier alpha value is 0.538. The van der Waals surface area contributed by atoms with Gasteiger partial charge in [0.25, 0.3) is 0 Å². The van der Waals surface area contributed by atoms with Gasteiger partial charge in [-0.25, -0.2) is 4.98 Å². The number of hydrogen-bond donors (Lipinski definition) is 0. The van der Waals surface area contributed by atoms with E-state index in [0.29, 0.717) is 5.15 Å². The Balaban J connectivity index is 0.000001000. The molecule has 0 aliphatic carbocycles. The van der Waals surface area contributed by atoms with Gasteiger partial charge in [-0.05, 0) is 6.26 Å². The van der Waals surface area contributed by atoms with Gasteiger partial charge in [0.05, 0.1) is 5.75 Å². The van der Waals surface area contributed by atoms with Gasteiger partial charge in [-0.15, -0.1) is 0 Å². The van der Waals surface area contributed by atoms with Gasteiger partial charge in [0.15, 0.2) is 0 Å². The van der Waals surface area contributed by atoms with Crippen molar-refractivity contribution >= 4 is 23.4 Å². The molecule has 0 radical (unpaired) electrons. The minimum atomic E-state index is 0. The van der Waals surface area contributed by atoms with Crippen LogP contribution in [0.2, 0.25) is 5.15 Å². The number of rotatable bonds is 2. The van der Waals surface area contributed by atoms with Crippen LogP contribution in [0.4, 0.5) is 0 Å². The van der Waals surface area contributed by atoms with Gasteiger partial charge >= 0.3 is 0 Å². The number of hydrogen-bond acceptors (Lipinski definition) is 2. The molecule has 5 heteroatoms. The van der Waals surface area contributed by atoms with E-state index in [9.17, 15) is 0 Å². The maximum absolute atomic E-state index is 5.66. The fourth-order valence-corrected chi connectivity index (χ4v) is 1.50. The molecule has 0 amide bonds. The predicted octanol–water partition coefficient (Wildman–Crippen LogP) is 1.93. The van der Waals surface area contributed by atoms with Crippen molar-refractivity contribution in [1.82, 2.24) is 9.55 Å². The molecular weight excluding hydrogens is 363 g/mol. The molecular formula is C6H9ClN2PtS. The summed E-state index contributed by atoms with van der Waals surface area (Å²) in [7, 11) is 1.95. The average Bonchev–Trinajstić information content (AvgIpc) is 2.13. The first-order valence-corrected chi connectivity index (χ1v) is 4.68. The summed E-state index contributed by atoms with van der Waals surface area (Å²) in [5.74, 6) is 1.95. The van der Waals surface area contributed by atoms with Crippen LogP contribution in [-0.4, -0.2) is 15.8 Å². The molecule has 1 heterocycles. The van der Waals surface area contributed by atoms with Gasteiger partial charge in [-0.2, -0.15) is 11.8 Å². The Labute approximate surface area is 90.0 Å². The van der Waals surface area contributed by atoms with E-state index in [0.717, 1.165) is 11.6 Å². The molecule has 0 aliphatic rings. The van der Waals surface area contributed by atoms with Crippen molar-refractivity contribution in [3.8, 4) is 0 Å². The van der Waals surface area contributed by atoms with Gasteiger partial charge in [0.1, 0.15) is 11.0 Å². The van der Waals surface area contributed by atoms with Crippen LogP contribution < -0.4 is 0 Å². The monoisotopic (exact) mass is 371 g/mol. The quantitative estimate of drug-likeness (QED) is 0.790. The van der Waals surface area contributed by atoms with Crippen molar-refractivity contribution in [2.75, 3.05) is 6.26 Å². The van der Waals surface area contributed by atoms with Gasteiger partial charge < -0.3 is 4.57 Å². The Kier molecular flexibility index (Phi) is 5.49. The fraction of sp³-hybridized carbons (Fsp3) is 0.500. The first-order chi connectivity index (χ1) is 4.74. The molecule has 0 N–H and O–H groups in total. The molecule has 0 unspecified atom stereocenters. The zero-order valence-corrected chi connectivity index (χ0v) is 10.1. The summed E-state index contributed by atoms with van der Waals surface area (Å²) in [6.07, 6.45) is 3.86. The van der Waals surface area contributed by atoms with Gasteiger partial charge in [0.2, 0.25) is 0 Å². The van der Waals surface area contributed by atoms with E-state index < -0.39 is 0 Å². The van der Waals surface area contributed by atoms with E-state index in [4.69, 9.17) is 11.6 Å². The molecule has 0 aromatic carbocycles. The predicted molar refractivity (Wildman–Crippen MR) is 45.4 cm³/mol. The molecule has 1 aromatic rings. The van der Waals surface area contributed by atoms with Crippen molar-refractivity contribution in [3.05, 3.63) is 17.2 Å². The van der Waals surface area contributed by atoms with Crippen molar-refractivity contribution in [1.29, 1.82) is 0 Å². The second-order valence-electron chi connectivity index (χ2n) is 2.02. The number of halogens is 1. The van der Waals surface area contributed by atoms with Gasteiger partial charge in [0, 0.05) is 34.3 Å². The first-order valence-electron chi connectivity index (χ1n) is 2.90. The number of nitrogens with zero attached hydrogens (tertiary/aromatic N) is 2. The van der Waals surface area contributed by atoms with E-state index in [1.807, 2.05) is 24.1 Å². The van der Waals surface area contributed by atoms with Crippen LogP contribution in [0.1, 0.15) is 5.82 Å². The molecule has 1 aromatic heterocycles. The zero-order chi connectivity index (χ0) is 7.56. The summed E-state index contributed by atoms with van der Waals surface area (Å²) >= 11 is 7.40. The fourth-order valence-electron chi connectivity index (χ4n) is 0.729. The minimum absolute atomic E-state index is 0. The van der Waals surface area contributed by atoms with Crippen LogP contribution in [0.5, 0.6) is 0 Å². The SMILES string of the molecule is CSCc1nc(Cl)cn1C.[Pt]. The summed E-state index contributed by atoms with van der Waals surface area (Å²) in [5, 5.41) is 0.576. The molecule has 0 aliphatic heterocycles. The Morgan fingerprint density at radius 2 is 2.36 bits per heavy atom. The molecule has 0 fully saturated rings. The van der Waals surface area contributed by atoms with Crippen LogP contribution in [0.25, 0.3) is 0 Å². The Morgan fingerprint density at radius 3 is 2.73 bits per heavy atom. The van der Waals surface area contributed by atoms with E-state index in [-0.39, 0.29) is 21.1 Å². The summed E-state index contributed by atoms with van der Waals surface area (Å²) in [5.41, 5.74) is 0. The molecule has 1 rings (SSSR count). The van der Waals surface area contributed by atoms with Crippen LogP contribution in [0.15, 0.2) is 6.20 Å². The van der Waals surface area contributed by atoms with Crippen LogP contribution >= 0.6 is 23.4 Å². The van der Waals surface area contributed by atoms with E-state index in [2.05, 4.69) is 4.98 Å². The van der Waals surface area contributed by atoms with Gasteiger partial charge in [-0.3, -0.25) is 0 Å². The molecule has 0 spiro atoms. The third-order valence-electron chi connectivity index (χ3n) is 1.22. The van der Waals surface area contributed by atoms with Crippen LogP contribution in [0.3, 0.4) is 0 Å². The maximum atomic E-state index is 5.66. The molecule has 0 saturated carbocycles. The van der Waals surface area contributed by atoms with E-state index in [1.165, 1.54) is 0 Å². The topological polar surface area (TPSA) is 17.8 Å². The Bertz CT molecular complexity index is 226. The third-order valence-corrected chi connectivity index (χ3v) is 1.95. The summed E-state index contributed by atoms with van der Waals surface area (Å²) in [6.45, 7) is 0. The molecule has 2 nitrogen and oxygen atoms in total. The van der Waals surface area contributed by atoms with Crippen molar-refractivity contribution < 1.29 is 21.1 Å². The van der Waals surface area contributed by atoms with Crippen molar-refractivity contribution in [3.63, 3.8) is 0 Å². The standard InChI is InChI=1S/C6H9ClN2S.Pt/c1-9-3-5(7)8-6(9)4-10-2;/h3H,4H2,1-2H3;. The van der Waals surface area contributed by atoms with Crippen LogP contribution in [-0.2, 0) is 33.9 Å². The molecule has 11 heavy (non-hydrogen) atoms. The van der Waals surface area contributed by atoms with Crippen molar-refractivity contribution in [2.45, 2.75) is 5.75 Å². The molecule has 66 valence electrons. The summed E-state index contributed by atoms with van der Waals surface area (Å²) < 4.78 is 1.94. The zero-order valence-electron chi connectivity index (χ0n) is 6.28. The number of imidazole rings is 1. The molecule has 0 bridgehead atoms. The number of thioether (sulfide) groups is 1. The second-order valence-corrected chi connectivity index (χ2v) is 3.28. The summed E-state index contributed by atoms with van der Waals surface area (Å²) in [4.78, 5) is 4.11. The third kappa shape index (κ3) is 3.18. The first kappa shape index (κ1) is 11.5. The maximum Gasteiger partial charge on any atom is 0.147 e.